The van der Waals surface area contributed by atoms with Crippen molar-refractivity contribution in [3.8, 4) is 0 Å². The van der Waals surface area contributed by atoms with Gasteiger partial charge in [0.25, 0.3) is 11.8 Å². The van der Waals surface area contributed by atoms with Crippen molar-refractivity contribution in [2.24, 2.45) is 11.8 Å². The van der Waals surface area contributed by atoms with Crippen molar-refractivity contribution in [1.82, 2.24) is 10.6 Å². The van der Waals surface area contributed by atoms with E-state index in [-0.39, 0.29) is 24.9 Å². The second-order valence-electron chi connectivity index (χ2n) is 8.32. The van der Waals surface area contributed by atoms with Gasteiger partial charge in [0.2, 0.25) is 11.8 Å². The number of alkyl halides is 4. The Morgan fingerprint density at radius 1 is 0.719 bits per heavy atom. The number of nitrogens with one attached hydrogen (secondary N) is 2. The normalized spacial score (nSPS) is 23.6. The van der Waals surface area contributed by atoms with Gasteiger partial charge in [0.05, 0.1) is 12.1 Å². The molecule has 0 aliphatic heterocycles. The second kappa shape index (κ2) is 9.30. The summed E-state index contributed by atoms with van der Waals surface area (Å²) in [6.45, 7) is 3.57. The number of hydrogen-bond acceptors (Lipinski definition) is 2. The molecule has 2 aliphatic rings. The van der Waals surface area contributed by atoms with Crippen LogP contribution in [0.1, 0.15) is 49.9 Å². The molecular weight excluding hydrogens is 424 g/mol. The fourth-order valence-electron chi connectivity index (χ4n) is 3.27. The second-order valence-corrected chi connectivity index (χ2v) is 8.32. The quantitative estimate of drug-likeness (QED) is 0.606. The monoisotopic (exact) mass is 450 g/mol. The lowest BCUT2D eigenvalue weighted by molar-refractivity contribution is -0.126. The Kier molecular flexibility index (Phi) is 6.91. The molecule has 2 aliphatic carbocycles. The van der Waals surface area contributed by atoms with Crippen LogP contribution in [0.25, 0.3) is 0 Å². The van der Waals surface area contributed by atoms with Crippen LogP contribution in [-0.4, -0.2) is 23.7 Å². The van der Waals surface area contributed by atoms with Gasteiger partial charge in [-0.1, -0.05) is 60.7 Å². The molecule has 2 saturated carbocycles. The molecule has 32 heavy (non-hydrogen) atoms. The number of halogens is 4. The lowest BCUT2D eigenvalue weighted by Crippen LogP contribution is -2.29. The van der Waals surface area contributed by atoms with Crippen molar-refractivity contribution in [3.63, 3.8) is 0 Å². The first kappa shape index (κ1) is 23.8. The van der Waals surface area contributed by atoms with E-state index in [0.717, 1.165) is 11.1 Å². The SMILES string of the molecule is C[C@@H](NC(=O)[C@H]1CC1(F)F)c1ccccc1.C[C@@H](NC(=O)[C@H]1CC1(F)F)c1ccccc1. The van der Waals surface area contributed by atoms with Crippen LogP contribution in [0.5, 0.6) is 0 Å². The lowest BCUT2D eigenvalue weighted by Gasteiger charge is -2.13. The highest BCUT2D eigenvalue weighted by molar-refractivity contribution is 5.83. The molecule has 2 amide bonds. The van der Waals surface area contributed by atoms with Crippen molar-refractivity contribution < 1.29 is 27.2 Å². The third kappa shape index (κ3) is 6.08. The molecule has 4 nitrogen and oxygen atoms in total. The fraction of sp³-hybridized carbons (Fsp3) is 0.417. The van der Waals surface area contributed by atoms with E-state index in [4.69, 9.17) is 0 Å². The Hall–Kier alpha value is -2.90. The summed E-state index contributed by atoms with van der Waals surface area (Å²) in [6.07, 6.45) is -0.638. The van der Waals surface area contributed by atoms with Crippen LogP contribution in [-0.2, 0) is 9.59 Å². The largest absolute Gasteiger partial charge is 0.349 e. The molecule has 0 bridgehead atoms. The first-order chi connectivity index (χ1) is 15.0. The van der Waals surface area contributed by atoms with Crippen LogP contribution >= 0.6 is 0 Å². The van der Waals surface area contributed by atoms with Crippen molar-refractivity contribution in [1.29, 1.82) is 0 Å². The van der Waals surface area contributed by atoms with E-state index >= 15 is 0 Å². The van der Waals surface area contributed by atoms with Crippen LogP contribution in [0.4, 0.5) is 17.6 Å². The zero-order valence-corrected chi connectivity index (χ0v) is 17.8. The van der Waals surface area contributed by atoms with Gasteiger partial charge in [0.15, 0.2) is 0 Å². The molecular formula is C24H26F4N2O2. The molecule has 0 unspecified atom stereocenters. The first-order valence-corrected chi connectivity index (χ1v) is 10.5. The zero-order chi connectivity index (χ0) is 23.5. The van der Waals surface area contributed by atoms with Crippen molar-refractivity contribution in [3.05, 3.63) is 71.8 Å². The maximum atomic E-state index is 12.6. The van der Waals surface area contributed by atoms with Crippen molar-refractivity contribution in [2.75, 3.05) is 0 Å². The van der Waals surface area contributed by atoms with Crippen LogP contribution < -0.4 is 10.6 Å². The maximum absolute atomic E-state index is 12.6. The zero-order valence-electron chi connectivity index (χ0n) is 17.8. The Balaban J connectivity index is 0.000000181. The van der Waals surface area contributed by atoms with Gasteiger partial charge in [-0.15, -0.1) is 0 Å². The van der Waals surface area contributed by atoms with Gasteiger partial charge in [-0.2, -0.15) is 0 Å². The van der Waals surface area contributed by atoms with E-state index in [1.54, 1.807) is 13.8 Å². The van der Waals surface area contributed by atoms with Gasteiger partial charge >= 0.3 is 0 Å². The summed E-state index contributed by atoms with van der Waals surface area (Å²) in [5, 5.41) is 5.19. The highest BCUT2D eigenvalue weighted by Gasteiger charge is 2.62. The summed E-state index contributed by atoms with van der Waals surface area (Å²) >= 11 is 0. The number of rotatable bonds is 6. The third-order valence-electron chi connectivity index (χ3n) is 5.60. The molecule has 4 rings (SSSR count). The summed E-state index contributed by atoms with van der Waals surface area (Å²) in [5.74, 6) is -8.94. The molecule has 0 aromatic heterocycles. The van der Waals surface area contributed by atoms with E-state index in [9.17, 15) is 27.2 Å². The Morgan fingerprint density at radius 2 is 1.00 bits per heavy atom. The minimum Gasteiger partial charge on any atom is -0.349 e. The molecule has 2 aromatic carbocycles. The van der Waals surface area contributed by atoms with E-state index in [1.807, 2.05) is 60.7 Å². The molecule has 172 valence electrons. The minimum absolute atomic E-state index is 0.231. The summed E-state index contributed by atoms with van der Waals surface area (Å²) in [5.41, 5.74) is 1.83. The molecule has 0 radical (unpaired) electrons. The highest BCUT2D eigenvalue weighted by atomic mass is 19.3. The molecule has 2 fully saturated rings. The van der Waals surface area contributed by atoms with E-state index < -0.39 is 35.5 Å². The molecule has 0 saturated heterocycles. The van der Waals surface area contributed by atoms with Gasteiger partial charge in [-0.3, -0.25) is 9.59 Å². The van der Waals surface area contributed by atoms with Crippen LogP contribution in [0.2, 0.25) is 0 Å². The summed E-state index contributed by atoms with van der Waals surface area (Å²) in [4.78, 5) is 22.8. The Morgan fingerprint density at radius 3 is 1.25 bits per heavy atom. The smallest absolute Gasteiger partial charge is 0.260 e. The van der Waals surface area contributed by atoms with Crippen LogP contribution in [0, 0.1) is 11.8 Å². The molecule has 0 spiro atoms. The fourth-order valence-corrected chi connectivity index (χ4v) is 3.27. The minimum atomic E-state index is -2.79. The first-order valence-electron chi connectivity index (χ1n) is 10.5. The van der Waals surface area contributed by atoms with Crippen LogP contribution in [0.3, 0.4) is 0 Å². The molecule has 4 atom stereocenters. The summed E-state index contributed by atoms with van der Waals surface area (Å²) in [7, 11) is 0. The number of benzene rings is 2. The lowest BCUT2D eigenvalue weighted by atomic mass is 10.1. The molecule has 8 heteroatoms. The number of carbonyl (C=O) groups excluding carboxylic acids is 2. The number of amides is 2. The van der Waals surface area contributed by atoms with E-state index in [2.05, 4.69) is 10.6 Å². The van der Waals surface area contributed by atoms with Crippen LogP contribution in [0.15, 0.2) is 60.7 Å². The van der Waals surface area contributed by atoms with E-state index in [1.165, 1.54) is 0 Å². The van der Waals surface area contributed by atoms with Gasteiger partial charge in [-0.05, 0) is 25.0 Å². The molecule has 2 N–H and O–H groups in total. The Labute approximate surface area is 184 Å². The Bertz CT molecular complexity index is 860. The van der Waals surface area contributed by atoms with Gasteiger partial charge in [0, 0.05) is 12.8 Å². The molecule has 2 aromatic rings. The predicted octanol–water partition coefficient (Wildman–Crippen LogP) is 5.04. The van der Waals surface area contributed by atoms with E-state index in [0.29, 0.717) is 0 Å². The van der Waals surface area contributed by atoms with Crippen molar-refractivity contribution in [2.45, 2.75) is 50.6 Å². The summed E-state index contributed by atoms with van der Waals surface area (Å²) in [6, 6.07) is 18.1. The van der Waals surface area contributed by atoms with Crippen molar-refractivity contribution >= 4 is 11.8 Å². The average Bonchev–Trinajstić information content (AvgIpc) is 3.62. The average molecular weight is 450 g/mol. The number of hydrogen-bond donors (Lipinski definition) is 2. The third-order valence-corrected chi connectivity index (χ3v) is 5.60. The van der Waals surface area contributed by atoms with Gasteiger partial charge in [-0.25, -0.2) is 17.6 Å². The van der Waals surface area contributed by atoms with Gasteiger partial charge < -0.3 is 10.6 Å². The molecule has 0 heterocycles. The maximum Gasteiger partial charge on any atom is 0.260 e. The predicted molar refractivity (Wildman–Crippen MR) is 112 cm³/mol. The highest BCUT2D eigenvalue weighted by Crippen LogP contribution is 2.49. The summed E-state index contributed by atoms with van der Waals surface area (Å²) < 4.78 is 50.6. The number of carbonyl (C=O) groups is 2. The van der Waals surface area contributed by atoms with Gasteiger partial charge in [0.1, 0.15) is 11.8 Å². The topological polar surface area (TPSA) is 58.2 Å². The standard InChI is InChI=1S/2C12H13F2NO/c2*1-8(9-5-3-2-4-6-9)15-11(16)10-7-12(10,13)14/h2*2-6,8,10H,7H2,1H3,(H,15,16)/t2*8-,10-/m11/s1.